The Bertz CT molecular complexity index is 1650. The van der Waals surface area contributed by atoms with Crippen molar-refractivity contribution in [3.63, 3.8) is 0 Å². The lowest BCUT2D eigenvalue weighted by Crippen LogP contribution is -2.38. The number of para-hydroxylation sites is 2. The lowest BCUT2D eigenvalue weighted by molar-refractivity contribution is -0.132. The van der Waals surface area contributed by atoms with E-state index in [0.717, 1.165) is 80.8 Å². The van der Waals surface area contributed by atoms with Gasteiger partial charge in [0.15, 0.2) is 0 Å². The van der Waals surface area contributed by atoms with E-state index < -0.39 is 0 Å². The van der Waals surface area contributed by atoms with Crippen LogP contribution >= 0.6 is 11.6 Å². The number of carbonyl (C=O) groups is 1. The number of nitrogens with one attached hydrogen (secondary N) is 1. The average molecular weight is 583 g/mol. The molecule has 3 heterocycles. The van der Waals surface area contributed by atoms with E-state index in [4.69, 9.17) is 21.3 Å². The van der Waals surface area contributed by atoms with E-state index in [0.29, 0.717) is 29.9 Å². The van der Waals surface area contributed by atoms with E-state index in [9.17, 15) is 4.79 Å². The normalized spacial score (nSPS) is 14.2. The number of imidazole rings is 1. The molecule has 2 aromatic heterocycles. The van der Waals surface area contributed by atoms with Gasteiger partial charge in [0.2, 0.25) is 5.91 Å². The molecular weight excluding hydrogens is 544 g/mol. The van der Waals surface area contributed by atoms with Crippen molar-refractivity contribution in [1.29, 1.82) is 0 Å². The second kappa shape index (κ2) is 13.0. The summed E-state index contributed by atoms with van der Waals surface area (Å²) in [6.45, 7) is 5.19. The number of piperidine rings is 1. The number of fused-ring (bicyclic) bond motifs is 2. The van der Waals surface area contributed by atoms with E-state index in [1.165, 1.54) is 22.0 Å². The Morgan fingerprint density at radius 2 is 1.83 bits per heavy atom. The number of carbonyl (C=O) groups excluding carboxylic acids is 1. The van der Waals surface area contributed by atoms with Crippen molar-refractivity contribution in [2.45, 2.75) is 65.0 Å². The largest absolute Gasteiger partial charge is 0.486 e. The third kappa shape index (κ3) is 6.49. The van der Waals surface area contributed by atoms with Crippen LogP contribution in [-0.4, -0.2) is 38.4 Å². The van der Waals surface area contributed by atoms with Crippen molar-refractivity contribution < 1.29 is 9.53 Å². The lowest BCUT2D eigenvalue weighted by Gasteiger charge is -2.32. The van der Waals surface area contributed by atoms with E-state index in [1.807, 2.05) is 30.3 Å². The molecule has 6 rings (SSSR count). The number of aromatic amines is 1. The fourth-order valence-electron chi connectivity index (χ4n) is 6.31. The molecule has 1 amide bonds. The van der Waals surface area contributed by atoms with Crippen LogP contribution in [0, 0.1) is 12.8 Å². The van der Waals surface area contributed by atoms with Gasteiger partial charge in [-0.1, -0.05) is 41.9 Å². The first-order valence-corrected chi connectivity index (χ1v) is 15.6. The summed E-state index contributed by atoms with van der Waals surface area (Å²) in [5.41, 5.74) is 5.86. The summed E-state index contributed by atoms with van der Waals surface area (Å²) < 4.78 is 8.40. The van der Waals surface area contributed by atoms with Crippen LogP contribution < -0.4 is 4.74 Å². The zero-order chi connectivity index (χ0) is 28.9. The molecule has 6 nitrogen and oxygen atoms in total. The number of hydrogen-bond donors (Lipinski definition) is 1. The van der Waals surface area contributed by atoms with Gasteiger partial charge in [-0.15, -0.1) is 0 Å². The average Bonchev–Trinajstić information content (AvgIpc) is 3.59. The van der Waals surface area contributed by atoms with Crippen molar-refractivity contribution in [1.82, 2.24) is 19.4 Å². The molecule has 1 saturated heterocycles. The Morgan fingerprint density at radius 3 is 2.67 bits per heavy atom. The lowest BCUT2D eigenvalue weighted by atomic mass is 9.92. The van der Waals surface area contributed by atoms with Gasteiger partial charge in [-0.25, -0.2) is 4.98 Å². The van der Waals surface area contributed by atoms with Crippen LogP contribution in [0.1, 0.15) is 55.5 Å². The van der Waals surface area contributed by atoms with Crippen LogP contribution in [0.15, 0.2) is 72.9 Å². The second-order valence-corrected chi connectivity index (χ2v) is 12.0. The zero-order valence-electron chi connectivity index (χ0n) is 24.3. The monoisotopic (exact) mass is 582 g/mol. The van der Waals surface area contributed by atoms with Gasteiger partial charge >= 0.3 is 0 Å². The third-order valence-corrected chi connectivity index (χ3v) is 8.97. The van der Waals surface area contributed by atoms with Crippen LogP contribution in [0.25, 0.3) is 21.9 Å². The van der Waals surface area contributed by atoms with E-state index >= 15 is 0 Å². The topological polar surface area (TPSA) is 63.1 Å². The minimum Gasteiger partial charge on any atom is -0.486 e. The van der Waals surface area contributed by atoms with E-state index in [1.54, 1.807) is 0 Å². The molecule has 7 heteroatoms. The van der Waals surface area contributed by atoms with Crippen LogP contribution in [0.3, 0.4) is 0 Å². The van der Waals surface area contributed by atoms with Crippen LogP contribution in [-0.2, 0) is 24.4 Å². The minimum atomic E-state index is 0.305. The molecule has 0 radical (unpaired) electrons. The standard InChI is InChI=1S/C35H39ClN4O2/c1-25-7-4-12-32-35(25)38-33(24-42-29-16-14-28(36)15-17-29)40(32)20-6-8-26-18-21-39(22-19-26)34(41)13-5-9-27-23-37-31-11-3-2-10-30(27)31/h2-4,7,10-12,14-17,23,26,37H,5-6,8-9,13,18-22,24H2,1H3. The highest BCUT2D eigenvalue weighted by molar-refractivity contribution is 6.30. The molecular formula is C35H39ClN4O2. The molecule has 0 atom stereocenters. The fourth-order valence-corrected chi connectivity index (χ4v) is 6.44. The molecule has 1 aliphatic rings. The number of nitrogens with zero attached hydrogens (tertiary/aromatic N) is 3. The summed E-state index contributed by atoms with van der Waals surface area (Å²) in [6.07, 6.45) is 8.95. The Labute approximate surface area is 252 Å². The minimum absolute atomic E-state index is 0.305. The maximum Gasteiger partial charge on any atom is 0.222 e. The predicted octanol–water partition coefficient (Wildman–Crippen LogP) is 8.10. The van der Waals surface area contributed by atoms with Crippen molar-refractivity contribution >= 4 is 39.4 Å². The highest BCUT2D eigenvalue weighted by Crippen LogP contribution is 2.26. The van der Waals surface area contributed by atoms with E-state index in [-0.39, 0.29) is 0 Å². The molecule has 0 unspecified atom stereocenters. The Balaban J connectivity index is 0.979. The van der Waals surface area contributed by atoms with Crippen LogP contribution in [0.4, 0.5) is 0 Å². The zero-order valence-corrected chi connectivity index (χ0v) is 25.1. The van der Waals surface area contributed by atoms with Crippen LogP contribution in [0.2, 0.25) is 5.02 Å². The van der Waals surface area contributed by atoms with Crippen molar-refractivity contribution in [2.24, 2.45) is 5.92 Å². The number of ether oxygens (including phenoxy) is 1. The second-order valence-electron chi connectivity index (χ2n) is 11.5. The van der Waals surface area contributed by atoms with Crippen molar-refractivity contribution in [2.75, 3.05) is 13.1 Å². The number of benzene rings is 3. The molecule has 0 aliphatic carbocycles. The summed E-state index contributed by atoms with van der Waals surface area (Å²) in [6, 6.07) is 22.2. The van der Waals surface area contributed by atoms with Gasteiger partial charge in [0.1, 0.15) is 18.2 Å². The van der Waals surface area contributed by atoms with Gasteiger partial charge in [-0.2, -0.15) is 0 Å². The molecule has 218 valence electrons. The van der Waals surface area contributed by atoms with Gasteiger partial charge in [0.05, 0.1) is 11.0 Å². The first kappa shape index (κ1) is 28.4. The molecule has 1 aliphatic heterocycles. The number of rotatable bonds is 11. The number of hydrogen-bond acceptors (Lipinski definition) is 3. The molecule has 42 heavy (non-hydrogen) atoms. The van der Waals surface area contributed by atoms with Gasteiger partial charge in [0.25, 0.3) is 0 Å². The van der Waals surface area contributed by atoms with Gasteiger partial charge in [0, 0.05) is 48.2 Å². The summed E-state index contributed by atoms with van der Waals surface area (Å²) >= 11 is 6.03. The third-order valence-electron chi connectivity index (χ3n) is 8.71. The summed E-state index contributed by atoms with van der Waals surface area (Å²) in [7, 11) is 0. The van der Waals surface area contributed by atoms with E-state index in [2.05, 4.69) is 64.0 Å². The van der Waals surface area contributed by atoms with Gasteiger partial charge in [-0.05, 0) is 98.9 Å². The SMILES string of the molecule is Cc1cccc2c1nc(COc1ccc(Cl)cc1)n2CCCC1CCN(C(=O)CCCc2c[nH]c3ccccc23)CC1. The first-order valence-electron chi connectivity index (χ1n) is 15.2. The molecule has 5 aromatic rings. The maximum atomic E-state index is 12.9. The smallest absolute Gasteiger partial charge is 0.222 e. The summed E-state index contributed by atoms with van der Waals surface area (Å²) in [5.74, 6) is 2.70. The van der Waals surface area contributed by atoms with Crippen LogP contribution in [0.5, 0.6) is 5.75 Å². The molecule has 0 spiro atoms. The highest BCUT2D eigenvalue weighted by atomic mass is 35.5. The first-order chi connectivity index (χ1) is 20.5. The fraction of sp³-hybridized carbons (Fsp3) is 0.371. The Hall–Kier alpha value is -3.77. The molecule has 1 N–H and O–H groups in total. The Kier molecular flexibility index (Phi) is 8.80. The quantitative estimate of drug-likeness (QED) is 0.171. The highest BCUT2D eigenvalue weighted by Gasteiger charge is 2.23. The number of halogens is 1. The number of aryl methyl sites for hydroxylation is 3. The molecule has 1 fully saturated rings. The number of amides is 1. The molecule has 3 aromatic carbocycles. The van der Waals surface area contributed by atoms with Gasteiger partial charge in [-0.3, -0.25) is 4.79 Å². The summed E-state index contributed by atoms with van der Waals surface area (Å²) in [4.78, 5) is 23.3. The molecule has 0 bridgehead atoms. The van der Waals surface area contributed by atoms with Crippen molar-refractivity contribution in [3.8, 4) is 5.75 Å². The van der Waals surface area contributed by atoms with Gasteiger partial charge < -0.3 is 19.2 Å². The predicted molar refractivity (Wildman–Crippen MR) is 170 cm³/mol. The Morgan fingerprint density at radius 1 is 1.02 bits per heavy atom. The number of aromatic nitrogens is 3. The number of likely N-dealkylation sites (tertiary alicyclic amines) is 1. The maximum absolute atomic E-state index is 12.9. The number of H-pyrrole nitrogens is 1. The van der Waals surface area contributed by atoms with Crippen molar-refractivity contribution in [3.05, 3.63) is 94.9 Å². The summed E-state index contributed by atoms with van der Waals surface area (Å²) in [5, 5.41) is 1.97. The molecule has 0 saturated carbocycles.